The molecule has 0 aliphatic carbocycles. The highest BCUT2D eigenvalue weighted by atomic mass is 16.4. The number of hydrogen-bond acceptors (Lipinski definition) is 4. The molecule has 0 saturated heterocycles. The van der Waals surface area contributed by atoms with Crippen LogP contribution in [0.3, 0.4) is 0 Å². The number of carboxylic acids is 1. The van der Waals surface area contributed by atoms with Crippen LogP contribution in [-0.4, -0.2) is 27.6 Å². The van der Waals surface area contributed by atoms with E-state index in [-0.39, 0.29) is 5.56 Å². The molecule has 0 spiro atoms. The molecule has 2 aromatic rings. The predicted octanol–water partition coefficient (Wildman–Crippen LogP) is 1.83. The predicted molar refractivity (Wildman–Crippen MR) is 67.6 cm³/mol. The van der Waals surface area contributed by atoms with Gasteiger partial charge in [0.15, 0.2) is 0 Å². The molecule has 0 aliphatic heterocycles. The maximum atomic E-state index is 11.0. The van der Waals surface area contributed by atoms with Crippen molar-refractivity contribution in [1.82, 2.24) is 9.97 Å². The zero-order valence-corrected chi connectivity index (χ0v) is 9.71. The van der Waals surface area contributed by atoms with Crippen molar-refractivity contribution < 1.29 is 9.90 Å². The summed E-state index contributed by atoms with van der Waals surface area (Å²) in [6.45, 7) is 0.649. The Balaban J connectivity index is 1.97. The second-order valence-electron chi connectivity index (χ2n) is 3.76. The molecule has 92 valence electrons. The number of pyridine rings is 2. The maximum Gasteiger partial charge on any atom is 0.339 e. The third-order valence-electron chi connectivity index (χ3n) is 2.50. The van der Waals surface area contributed by atoms with Crippen molar-refractivity contribution in [3.63, 3.8) is 0 Å². The van der Waals surface area contributed by atoms with Gasteiger partial charge in [0.1, 0.15) is 5.56 Å². The number of hydrogen-bond donors (Lipinski definition) is 2. The molecule has 0 aliphatic rings. The molecular weight excluding hydrogens is 230 g/mol. The molecule has 2 N–H and O–H groups in total. The number of aromatic nitrogens is 2. The van der Waals surface area contributed by atoms with Gasteiger partial charge < -0.3 is 10.4 Å². The van der Waals surface area contributed by atoms with E-state index in [0.717, 1.165) is 12.0 Å². The summed E-state index contributed by atoms with van der Waals surface area (Å²) in [7, 11) is 0. The highest BCUT2D eigenvalue weighted by Crippen LogP contribution is 2.13. The normalized spacial score (nSPS) is 10.0. The molecule has 2 rings (SSSR count). The minimum absolute atomic E-state index is 0.184. The summed E-state index contributed by atoms with van der Waals surface area (Å²) in [5.74, 6) is -0.980. The van der Waals surface area contributed by atoms with Crippen LogP contribution >= 0.6 is 0 Å². The van der Waals surface area contributed by atoms with Crippen LogP contribution < -0.4 is 5.32 Å². The Hall–Kier alpha value is -2.43. The highest BCUT2D eigenvalue weighted by Gasteiger charge is 2.08. The molecule has 0 aromatic carbocycles. The van der Waals surface area contributed by atoms with Crippen LogP contribution in [-0.2, 0) is 6.42 Å². The molecule has 0 saturated carbocycles. The Morgan fingerprint density at radius 3 is 2.78 bits per heavy atom. The summed E-state index contributed by atoms with van der Waals surface area (Å²) < 4.78 is 0. The lowest BCUT2D eigenvalue weighted by atomic mass is 10.2. The Morgan fingerprint density at radius 2 is 2.06 bits per heavy atom. The van der Waals surface area contributed by atoms with Crippen LogP contribution in [0.25, 0.3) is 0 Å². The zero-order valence-electron chi connectivity index (χ0n) is 9.71. The molecular formula is C13H13N3O2. The molecule has 2 aromatic heterocycles. The van der Waals surface area contributed by atoms with E-state index in [0.29, 0.717) is 12.2 Å². The number of nitrogens with one attached hydrogen (secondary N) is 1. The third-order valence-corrected chi connectivity index (χ3v) is 2.50. The summed E-state index contributed by atoms with van der Waals surface area (Å²) >= 11 is 0. The molecule has 0 radical (unpaired) electrons. The Labute approximate surface area is 105 Å². The van der Waals surface area contributed by atoms with Crippen LogP contribution in [0.2, 0.25) is 0 Å². The van der Waals surface area contributed by atoms with Crippen molar-refractivity contribution in [2.45, 2.75) is 6.42 Å². The molecule has 2 heterocycles. The van der Waals surface area contributed by atoms with Crippen molar-refractivity contribution >= 4 is 11.7 Å². The number of anilines is 1. The average molecular weight is 243 g/mol. The Kier molecular flexibility index (Phi) is 3.86. The monoisotopic (exact) mass is 243 g/mol. The minimum Gasteiger partial charge on any atom is -0.478 e. The summed E-state index contributed by atoms with van der Waals surface area (Å²) in [4.78, 5) is 18.8. The van der Waals surface area contributed by atoms with Crippen molar-refractivity contribution in [2.75, 3.05) is 11.9 Å². The van der Waals surface area contributed by atoms with E-state index in [1.807, 2.05) is 12.1 Å². The van der Waals surface area contributed by atoms with Crippen molar-refractivity contribution in [2.24, 2.45) is 0 Å². The SMILES string of the molecule is O=C(O)c1cnccc1NCCc1cccnc1. The van der Waals surface area contributed by atoms with E-state index in [2.05, 4.69) is 15.3 Å². The minimum atomic E-state index is -0.980. The number of carboxylic acid groups (broad SMARTS) is 1. The topological polar surface area (TPSA) is 75.1 Å². The van der Waals surface area contributed by atoms with Gasteiger partial charge in [-0.1, -0.05) is 6.07 Å². The first-order chi connectivity index (χ1) is 8.77. The van der Waals surface area contributed by atoms with Gasteiger partial charge in [0.25, 0.3) is 0 Å². The van der Waals surface area contributed by atoms with Crippen LogP contribution in [0.4, 0.5) is 5.69 Å². The quantitative estimate of drug-likeness (QED) is 0.838. The highest BCUT2D eigenvalue weighted by molar-refractivity contribution is 5.93. The summed E-state index contributed by atoms with van der Waals surface area (Å²) in [5, 5.41) is 12.1. The smallest absolute Gasteiger partial charge is 0.339 e. The van der Waals surface area contributed by atoms with Crippen LogP contribution in [0.5, 0.6) is 0 Å². The molecule has 0 bridgehead atoms. The fourth-order valence-corrected chi connectivity index (χ4v) is 1.61. The van der Waals surface area contributed by atoms with Gasteiger partial charge in [-0.3, -0.25) is 9.97 Å². The zero-order chi connectivity index (χ0) is 12.8. The van der Waals surface area contributed by atoms with Gasteiger partial charge in [0, 0.05) is 31.3 Å². The number of aromatic carboxylic acids is 1. The number of carbonyl (C=O) groups is 1. The second kappa shape index (κ2) is 5.77. The summed E-state index contributed by atoms with van der Waals surface area (Å²) in [6, 6.07) is 5.52. The lowest BCUT2D eigenvalue weighted by Crippen LogP contribution is -2.09. The van der Waals surface area contributed by atoms with Gasteiger partial charge >= 0.3 is 5.97 Å². The van der Waals surface area contributed by atoms with Gasteiger partial charge in [0.05, 0.1) is 5.69 Å². The summed E-state index contributed by atoms with van der Waals surface area (Å²) in [6.07, 6.45) is 7.22. The van der Waals surface area contributed by atoms with E-state index in [9.17, 15) is 4.79 Å². The summed E-state index contributed by atoms with van der Waals surface area (Å²) in [5.41, 5.74) is 1.88. The van der Waals surface area contributed by atoms with Gasteiger partial charge in [-0.15, -0.1) is 0 Å². The van der Waals surface area contributed by atoms with E-state index in [4.69, 9.17) is 5.11 Å². The molecule has 0 atom stereocenters. The van der Waals surface area contributed by atoms with E-state index >= 15 is 0 Å². The average Bonchev–Trinajstić information content (AvgIpc) is 2.40. The molecule has 0 fully saturated rings. The van der Waals surface area contributed by atoms with Gasteiger partial charge in [0.2, 0.25) is 0 Å². The van der Waals surface area contributed by atoms with Crippen molar-refractivity contribution in [1.29, 1.82) is 0 Å². The third kappa shape index (κ3) is 3.04. The van der Waals surface area contributed by atoms with E-state index in [1.165, 1.54) is 6.20 Å². The molecule has 5 nitrogen and oxygen atoms in total. The second-order valence-corrected chi connectivity index (χ2v) is 3.76. The Morgan fingerprint density at radius 1 is 1.22 bits per heavy atom. The molecule has 18 heavy (non-hydrogen) atoms. The maximum absolute atomic E-state index is 11.0. The van der Waals surface area contributed by atoms with E-state index in [1.54, 1.807) is 24.7 Å². The number of rotatable bonds is 5. The first kappa shape index (κ1) is 12.0. The first-order valence-corrected chi connectivity index (χ1v) is 5.57. The molecule has 0 amide bonds. The lowest BCUT2D eigenvalue weighted by molar-refractivity contribution is 0.0697. The van der Waals surface area contributed by atoms with Crippen molar-refractivity contribution in [3.8, 4) is 0 Å². The van der Waals surface area contributed by atoms with Gasteiger partial charge in [-0.05, 0) is 24.1 Å². The standard InChI is InChI=1S/C13H13N3O2/c17-13(18)11-9-15-6-4-12(11)16-7-3-10-2-1-5-14-8-10/h1-2,4-6,8-9H,3,7H2,(H,15,16)(H,17,18). The first-order valence-electron chi connectivity index (χ1n) is 5.57. The van der Waals surface area contributed by atoms with Gasteiger partial charge in [-0.2, -0.15) is 0 Å². The van der Waals surface area contributed by atoms with Crippen LogP contribution in [0.1, 0.15) is 15.9 Å². The van der Waals surface area contributed by atoms with Crippen LogP contribution in [0, 0.1) is 0 Å². The largest absolute Gasteiger partial charge is 0.478 e. The van der Waals surface area contributed by atoms with Crippen LogP contribution in [0.15, 0.2) is 43.0 Å². The fraction of sp³-hybridized carbons (Fsp3) is 0.154. The molecule has 0 unspecified atom stereocenters. The molecule has 5 heteroatoms. The van der Waals surface area contributed by atoms with Gasteiger partial charge in [-0.25, -0.2) is 4.79 Å². The number of nitrogens with zero attached hydrogens (tertiary/aromatic N) is 2. The van der Waals surface area contributed by atoms with Crippen molar-refractivity contribution in [3.05, 3.63) is 54.1 Å². The Bertz CT molecular complexity index is 529. The van der Waals surface area contributed by atoms with E-state index < -0.39 is 5.97 Å². The fourth-order valence-electron chi connectivity index (χ4n) is 1.61. The lowest BCUT2D eigenvalue weighted by Gasteiger charge is -2.08.